The summed E-state index contributed by atoms with van der Waals surface area (Å²) >= 11 is 0. The third kappa shape index (κ3) is 4.63. The fraction of sp³-hybridized carbons (Fsp3) is 0.167. The summed E-state index contributed by atoms with van der Waals surface area (Å²) in [5.41, 5.74) is -0.370. The zero-order valence-corrected chi connectivity index (χ0v) is 13.9. The van der Waals surface area contributed by atoms with E-state index in [-0.39, 0.29) is 11.4 Å². The molecule has 2 aromatic carbocycles. The van der Waals surface area contributed by atoms with Gasteiger partial charge in [-0.2, -0.15) is 18.3 Å². The maximum Gasteiger partial charge on any atom is 0.422 e. The summed E-state index contributed by atoms with van der Waals surface area (Å²) in [6.45, 7) is -1.87. The number of anilines is 1. The number of nitrogens with one attached hydrogen (secondary N) is 1. The Bertz CT molecular complexity index is 1030. The number of aromatic nitrogens is 2. The molecular weight excluding hydrogens is 363 g/mol. The highest BCUT2D eigenvalue weighted by Gasteiger charge is 2.28. The van der Waals surface area contributed by atoms with Crippen LogP contribution in [0.2, 0.25) is 0 Å². The zero-order valence-electron chi connectivity index (χ0n) is 13.9. The Balaban J connectivity index is 1.75. The van der Waals surface area contributed by atoms with E-state index in [0.717, 1.165) is 4.68 Å². The molecule has 27 heavy (non-hydrogen) atoms. The van der Waals surface area contributed by atoms with Crippen LogP contribution in [-0.4, -0.2) is 28.5 Å². The number of amides is 1. The molecule has 0 saturated carbocycles. The molecule has 0 fully saturated rings. The van der Waals surface area contributed by atoms with Crippen LogP contribution in [0.4, 0.5) is 18.9 Å². The second-order valence-electron chi connectivity index (χ2n) is 5.64. The number of para-hydroxylation sites is 2. The van der Waals surface area contributed by atoms with E-state index < -0.39 is 30.8 Å². The topological polar surface area (TPSA) is 73.2 Å². The Morgan fingerprint density at radius 1 is 1.11 bits per heavy atom. The highest BCUT2D eigenvalue weighted by Crippen LogP contribution is 2.26. The Labute approximate surface area is 151 Å². The van der Waals surface area contributed by atoms with E-state index in [4.69, 9.17) is 4.74 Å². The van der Waals surface area contributed by atoms with Gasteiger partial charge in [0.2, 0.25) is 5.91 Å². The monoisotopic (exact) mass is 377 g/mol. The Morgan fingerprint density at radius 2 is 1.81 bits per heavy atom. The van der Waals surface area contributed by atoms with Crippen LogP contribution in [0.25, 0.3) is 10.8 Å². The van der Waals surface area contributed by atoms with Crippen LogP contribution in [0.1, 0.15) is 0 Å². The predicted octanol–water partition coefficient (Wildman–Crippen LogP) is 2.98. The molecule has 1 N–H and O–H groups in total. The van der Waals surface area contributed by atoms with Crippen molar-refractivity contribution in [3.05, 3.63) is 65.1 Å². The molecule has 1 heterocycles. The standard InChI is InChI=1S/C18H14F3N3O3/c19-18(20,21)11-27-15-8-4-3-7-14(15)23-16(25)10-24-17(26)13-6-2-1-5-12(13)9-22-24/h1-9H,10-11H2,(H,23,25). The molecule has 140 valence electrons. The van der Waals surface area contributed by atoms with Crippen molar-refractivity contribution < 1.29 is 22.7 Å². The molecule has 0 aliphatic heterocycles. The lowest BCUT2D eigenvalue weighted by molar-refractivity contribution is -0.153. The average Bonchev–Trinajstić information content (AvgIpc) is 2.63. The Kier molecular flexibility index (Phi) is 5.11. The highest BCUT2D eigenvalue weighted by atomic mass is 19.4. The van der Waals surface area contributed by atoms with Gasteiger partial charge < -0.3 is 10.1 Å². The normalized spacial score (nSPS) is 11.4. The molecule has 0 unspecified atom stereocenters. The van der Waals surface area contributed by atoms with Crippen LogP contribution in [0.3, 0.4) is 0 Å². The third-order valence-corrected chi connectivity index (χ3v) is 3.61. The summed E-state index contributed by atoms with van der Waals surface area (Å²) in [6, 6.07) is 12.5. The van der Waals surface area contributed by atoms with Gasteiger partial charge in [-0.25, -0.2) is 4.68 Å². The number of rotatable bonds is 5. The molecule has 0 aliphatic rings. The van der Waals surface area contributed by atoms with Gasteiger partial charge >= 0.3 is 6.18 Å². The molecule has 6 nitrogen and oxygen atoms in total. The third-order valence-electron chi connectivity index (χ3n) is 3.61. The summed E-state index contributed by atoms with van der Waals surface area (Å²) in [5.74, 6) is -0.745. The fourth-order valence-corrected chi connectivity index (χ4v) is 2.42. The quantitative estimate of drug-likeness (QED) is 0.742. The van der Waals surface area contributed by atoms with Gasteiger partial charge in [0.25, 0.3) is 5.56 Å². The molecule has 0 spiro atoms. The van der Waals surface area contributed by atoms with Crippen molar-refractivity contribution in [2.24, 2.45) is 0 Å². The smallest absolute Gasteiger partial charge is 0.422 e. The van der Waals surface area contributed by atoms with Crippen LogP contribution >= 0.6 is 0 Å². The van der Waals surface area contributed by atoms with Crippen LogP contribution < -0.4 is 15.6 Å². The molecule has 1 aromatic heterocycles. The van der Waals surface area contributed by atoms with Gasteiger partial charge in [0.15, 0.2) is 6.61 Å². The second kappa shape index (κ2) is 7.48. The number of hydrogen-bond acceptors (Lipinski definition) is 4. The lowest BCUT2D eigenvalue weighted by atomic mass is 10.2. The Morgan fingerprint density at radius 3 is 2.59 bits per heavy atom. The number of carbonyl (C=O) groups excluding carboxylic acids is 1. The van der Waals surface area contributed by atoms with Crippen molar-refractivity contribution in [3.63, 3.8) is 0 Å². The van der Waals surface area contributed by atoms with Gasteiger partial charge in [0.05, 0.1) is 17.3 Å². The van der Waals surface area contributed by atoms with Crippen LogP contribution in [-0.2, 0) is 11.3 Å². The number of hydrogen-bond donors (Lipinski definition) is 1. The largest absolute Gasteiger partial charge is 0.482 e. The first kappa shape index (κ1) is 18.4. The van der Waals surface area contributed by atoms with Crippen molar-refractivity contribution in [3.8, 4) is 5.75 Å². The molecule has 3 rings (SSSR count). The first-order chi connectivity index (χ1) is 12.8. The maximum absolute atomic E-state index is 12.4. The first-order valence-electron chi connectivity index (χ1n) is 7.87. The van der Waals surface area contributed by atoms with Crippen molar-refractivity contribution in [1.82, 2.24) is 9.78 Å². The zero-order chi connectivity index (χ0) is 19.4. The SMILES string of the molecule is O=C(Cn1ncc2ccccc2c1=O)Nc1ccccc1OCC(F)(F)F. The van der Waals surface area contributed by atoms with E-state index in [1.165, 1.54) is 30.5 Å². The number of carbonyl (C=O) groups is 1. The fourth-order valence-electron chi connectivity index (χ4n) is 2.42. The molecule has 0 saturated heterocycles. The van der Waals surface area contributed by atoms with Gasteiger partial charge in [0.1, 0.15) is 12.3 Å². The van der Waals surface area contributed by atoms with E-state index in [9.17, 15) is 22.8 Å². The summed E-state index contributed by atoms with van der Waals surface area (Å²) < 4.78 is 42.7. The van der Waals surface area contributed by atoms with Crippen LogP contribution in [0.15, 0.2) is 59.5 Å². The lowest BCUT2D eigenvalue weighted by Crippen LogP contribution is -2.29. The molecule has 0 radical (unpaired) electrons. The highest BCUT2D eigenvalue weighted by molar-refractivity contribution is 5.92. The summed E-state index contributed by atoms with van der Waals surface area (Å²) in [4.78, 5) is 24.6. The molecule has 0 bridgehead atoms. The van der Waals surface area contributed by atoms with Crippen molar-refractivity contribution in [2.75, 3.05) is 11.9 Å². The number of nitrogens with zero attached hydrogens (tertiary/aromatic N) is 2. The maximum atomic E-state index is 12.4. The molecular formula is C18H14F3N3O3. The van der Waals surface area contributed by atoms with Crippen LogP contribution in [0.5, 0.6) is 5.75 Å². The number of ether oxygens (including phenoxy) is 1. The minimum absolute atomic E-state index is 0.0700. The minimum Gasteiger partial charge on any atom is -0.482 e. The molecule has 0 aliphatic carbocycles. The number of alkyl halides is 3. The lowest BCUT2D eigenvalue weighted by Gasteiger charge is -2.14. The predicted molar refractivity (Wildman–Crippen MR) is 92.6 cm³/mol. The van der Waals surface area contributed by atoms with E-state index >= 15 is 0 Å². The molecule has 0 atom stereocenters. The van der Waals surface area contributed by atoms with Gasteiger partial charge in [0, 0.05) is 5.39 Å². The van der Waals surface area contributed by atoms with Crippen molar-refractivity contribution in [2.45, 2.75) is 12.7 Å². The second-order valence-corrected chi connectivity index (χ2v) is 5.64. The summed E-state index contributed by atoms with van der Waals surface area (Å²) in [5, 5.41) is 7.44. The van der Waals surface area contributed by atoms with E-state index in [0.29, 0.717) is 10.8 Å². The number of fused-ring (bicyclic) bond motifs is 1. The van der Waals surface area contributed by atoms with Gasteiger partial charge in [-0.15, -0.1) is 0 Å². The molecule has 9 heteroatoms. The van der Waals surface area contributed by atoms with Crippen LogP contribution in [0, 0.1) is 0 Å². The summed E-state index contributed by atoms with van der Waals surface area (Å²) in [7, 11) is 0. The molecule has 3 aromatic rings. The van der Waals surface area contributed by atoms with Gasteiger partial charge in [-0.05, 0) is 18.2 Å². The van der Waals surface area contributed by atoms with Crippen molar-refractivity contribution >= 4 is 22.4 Å². The van der Waals surface area contributed by atoms with E-state index in [1.807, 2.05) is 0 Å². The van der Waals surface area contributed by atoms with Crippen molar-refractivity contribution in [1.29, 1.82) is 0 Å². The average molecular weight is 377 g/mol. The number of halogens is 3. The summed E-state index contributed by atoms with van der Waals surface area (Å²) in [6.07, 6.45) is -3.04. The number of benzene rings is 2. The van der Waals surface area contributed by atoms with E-state index in [1.54, 1.807) is 24.3 Å². The first-order valence-corrected chi connectivity index (χ1v) is 7.87. The van der Waals surface area contributed by atoms with Gasteiger partial charge in [-0.3, -0.25) is 9.59 Å². The van der Waals surface area contributed by atoms with Gasteiger partial charge in [-0.1, -0.05) is 30.3 Å². The minimum atomic E-state index is -4.50. The Hall–Kier alpha value is -3.36. The van der Waals surface area contributed by atoms with E-state index in [2.05, 4.69) is 10.4 Å². The molecule has 1 amide bonds.